The molecule has 140 valence electrons. The lowest BCUT2D eigenvalue weighted by molar-refractivity contribution is 0.287. The van der Waals surface area contributed by atoms with Gasteiger partial charge in [-0.2, -0.15) is 0 Å². The van der Waals surface area contributed by atoms with E-state index in [0.717, 1.165) is 34.2 Å². The minimum Gasteiger partial charge on any atom is -0.472 e. The number of ether oxygens (including phenoxy) is 1. The normalized spacial score (nSPS) is 13.6. The molecule has 1 aliphatic heterocycles. The summed E-state index contributed by atoms with van der Waals surface area (Å²) in [6, 6.07) is 16.2. The van der Waals surface area contributed by atoms with E-state index in [1.54, 1.807) is 0 Å². The molecule has 0 N–H and O–H groups in total. The Morgan fingerprint density at radius 2 is 1.71 bits per heavy atom. The Balaban J connectivity index is 1.69. The zero-order valence-electron chi connectivity index (χ0n) is 16.2. The zero-order chi connectivity index (χ0) is 19.4. The average molecular weight is 371 g/mol. The van der Waals surface area contributed by atoms with Crippen LogP contribution >= 0.6 is 0 Å². The number of nitrogens with zero attached hydrogens (tertiary/aromatic N) is 1. The Morgan fingerprint density at radius 1 is 0.929 bits per heavy atom. The fraction of sp³-hybridized carbons (Fsp3) is 0.208. The highest BCUT2D eigenvalue weighted by molar-refractivity contribution is 6.06. The van der Waals surface area contributed by atoms with Crippen LogP contribution in [0.2, 0.25) is 0 Å². The van der Waals surface area contributed by atoms with E-state index in [9.17, 15) is 4.79 Å². The highest BCUT2D eigenvalue weighted by atomic mass is 16.5. The van der Waals surface area contributed by atoms with E-state index in [2.05, 4.69) is 43.0 Å². The van der Waals surface area contributed by atoms with Gasteiger partial charge in [0, 0.05) is 28.7 Å². The van der Waals surface area contributed by atoms with E-state index in [0.29, 0.717) is 17.7 Å². The Hall–Kier alpha value is -3.27. The first-order valence-electron chi connectivity index (χ1n) is 9.46. The third-order valence-electron chi connectivity index (χ3n) is 5.59. The average Bonchev–Trinajstić information content (AvgIpc) is 2.69. The van der Waals surface area contributed by atoms with Crippen molar-refractivity contribution < 1.29 is 9.15 Å². The Labute approximate surface area is 163 Å². The van der Waals surface area contributed by atoms with Gasteiger partial charge >= 0.3 is 5.63 Å². The molecule has 0 atom stereocenters. The summed E-state index contributed by atoms with van der Waals surface area (Å²) in [6.07, 6.45) is 0. The van der Waals surface area contributed by atoms with E-state index < -0.39 is 0 Å². The number of aryl methyl sites for hydroxylation is 3. The fourth-order valence-electron chi connectivity index (χ4n) is 4.25. The summed E-state index contributed by atoms with van der Waals surface area (Å²) in [5.74, 6) is 0.826. The van der Waals surface area contributed by atoms with Crippen molar-refractivity contribution >= 4 is 27.4 Å². The second-order valence-electron chi connectivity index (χ2n) is 7.56. The van der Waals surface area contributed by atoms with Crippen molar-refractivity contribution in [2.45, 2.75) is 27.3 Å². The van der Waals surface area contributed by atoms with E-state index in [4.69, 9.17) is 9.15 Å². The maximum Gasteiger partial charge on any atom is 0.344 e. The molecule has 4 nitrogen and oxygen atoms in total. The molecule has 0 aliphatic carbocycles. The van der Waals surface area contributed by atoms with Gasteiger partial charge in [0.15, 0.2) is 6.73 Å². The number of hydrogen-bond acceptors (Lipinski definition) is 4. The van der Waals surface area contributed by atoms with E-state index >= 15 is 0 Å². The van der Waals surface area contributed by atoms with Gasteiger partial charge in [-0.15, -0.1) is 0 Å². The van der Waals surface area contributed by atoms with Crippen molar-refractivity contribution in [3.8, 4) is 5.75 Å². The van der Waals surface area contributed by atoms with Crippen LogP contribution in [0.3, 0.4) is 0 Å². The van der Waals surface area contributed by atoms with Gasteiger partial charge in [-0.1, -0.05) is 35.9 Å². The van der Waals surface area contributed by atoms with Crippen LogP contribution in [-0.4, -0.2) is 6.73 Å². The van der Waals surface area contributed by atoms with Crippen LogP contribution in [0.5, 0.6) is 5.75 Å². The second-order valence-corrected chi connectivity index (χ2v) is 7.56. The van der Waals surface area contributed by atoms with Crippen LogP contribution in [0.1, 0.15) is 22.3 Å². The van der Waals surface area contributed by atoms with Crippen LogP contribution in [0.25, 0.3) is 21.7 Å². The lowest BCUT2D eigenvalue weighted by Crippen LogP contribution is -2.32. The molecule has 28 heavy (non-hydrogen) atoms. The predicted octanol–water partition coefficient (Wildman–Crippen LogP) is 5.23. The topological polar surface area (TPSA) is 42.7 Å². The van der Waals surface area contributed by atoms with E-state index in [-0.39, 0.29) is 5.63 Å². The van der Waals surface area contributed by atoms with Crippen molar-refractivity contribution in [3.63, 3.8) is 0 Å². The van der Waals surface area contributed by atoms with Crippen LogP contribution in [0, 0.1) is 20.8 Å². The van der Waals surface area contributed by atoms with Gasteiger partial charge in [0.2, 0.25) is 0 Å². The highest BCUT2D eigenvalue weighted by Crippen LogP contribution is 2.38. The van der Waals surface area contributed by atoms with Crippen molar-refractivity contribution in [1.29, 1.82) is 0 Å². The van der Waals surface area contributed by atoms with Crippen molar-refractivity contribution in [2.75, 3.05) is 11.6 Å². The van der Waals surface area contributed by atoms with Gasteiger partial charge in [0.1, 0.15) is 11.3 Å². The molecule has 0 radical (unpaired) electrons. The molecule has 0 saturated heterocycles. The van der Waals surface area contributed by atoms with Gasteiger partial charge in [0.05, 0.1) is 5.39 Å². The summed E-state index contributed by atoms with van der Waals surface area (Å²) in [5.41, 5.74) is 5.97. The summed E-state index contributed by atoms with van der Waals surface area (Å²) >= 11 is 0. The molecule has 1 aliphatic rings. The summed E-state index contributed by atoms with van der Waals surface area (Å²) in [6.45, 7) is 7.43. The Kier molecular flexibility index (Phi) is 3.69. The molecule has 0 unspecified atom stereocenters. The Bertz CT molecular complexity index is 1300. The smallest absolute Gasteiger partial charge is 0.344 e. The van der Waals surface area contributed by atoms with Crippen LogP contribution < -0.4 is 15.3 Å². The largest absolute Gasteiger partial charge is 0.472 e. The predicted molar refractivity (Wildman–Crippen MR) is 112 cm³/mol. The molecule has 4 heteroatoms. The van der Waals surface area contributed by atoms with Gasteiger partial charge in [-0.25, -0.2) is 4.79 Å². The van der Waals surface area contributed by atoms with E-state index in [1.165, 1.54) is 16.8 Å². The minimum atomic E-state index is -0.307. The quantitative estimate of drug-likeness (QED) is 0.339. The number of fused-ring (bicyclic) bond motifs is 4. The summed E-state index contributed by atoms with van der Waals surface area (Å²) < 4.78 is 11.8. The van der Waals surface area contributed by atoms with Gasteiger partial charge in [-0.05, 0) is 49.9 Å². The van der Waals surface area contributed by atoms with Crippen molar-refractivity contribution in [1.82, 2.24) is 0 Å². The molecule has 0 spiro atoms. The first-order chi connectivity index (χ1) is 13.5. The maximum absolute atomic E-state index is 12.4. The van der Waals surface area contributed by atoms with Gasteiger partial charge in [-0.3, -0.25) is 0 Å². The highest BCUT2D eigenvalue weighted by Gasteiger charge is 2.24. The SMILES string of the molecule is Cc1ccc(N2COc3c(cc4c(oc(=O)c5ccccc54)c3C)C2)c(C)c1. The van der Waals surface area contributed by atoms with E-state index in [1.807, 2.05) is 31.2 Å². The van der Waals surface area contributed by atoms with Gasteiger partial charge in [0.25, 0.3) is 0 Å². The lowest BCUT2D eigenvalue weighted by Gasteiger charge is -2.33. The first-order valence-corrected chi connectivity index (χ1v) is 9.46. The third kappa shape index (κ3) is 2.48. The maximum atomic E-state index is 12.4. The molecule has 5 rings (SSSR count). The summed E-state index contributed by atoms with van der Waals surface area (Å²) in [7, 11) is 0. The Morgan fingerprint density at radius 3 is 2.50 bits per heavy atom. The summed E-state index contributed by atoms with van der Waals surface area (Å²) in [4.78, 5) is 14.6. The van der Waals surface area contributed by atoms with Crippen molar-refractivity contribution in [3.05, 3.63) is 81.2 Å². The standard InChI is InChI=1S/C24H21NO3/c1-14-8-9-21(15(2)10-14)25-12-17-11-20-18-6-4-5-7-19(18)24(26)28-23(20)16(3)22(17)27-13-25/h4-11H,12-13H2,1-3H3. The first kappa shape index (κ1) is 16.9. The molecule has 0 fully saturated rings. The molecule has 2 heterocycles. The van der Waals surface area contributed by atoms with Crippen molar-refractivity contribution in [2.24, 2.45) is 0 Å². The molecule has 1 aromatic heterocycles. The number of anilines is 1. The molecule has 3 aromatic carbocycles. The minimum absolute atomic E-state index is 0.307. The fourth-order valence-corrected chi connectivity index (χ4v) is 4.25. The zero-order valence-corrected chi connectivity index (χ0v) is 16.2. The van der Waals surface area contributed by atoms with Crippen LogP contribution in [0.15, 0.2) is 57.7 Å². The van der Waals surface area contributed by atoms with Crippen LogP contribution in [-0.2, 0) is 6.54 Å². The number of benzene rings is 3. The van der Waals surface area contributed by atoms with Crippen LogP contribution in [0.4, 0.5) is 5.69 Å². The summed E-state index contributed by atoms with van der Waals surface area (Å²) in [5, 5.41) is 2.48. The molecule has 4 aromatic rings. The third-order valence-corrected chi connectivity index (χ3v) is 5.59. The molecule has 0 saturated carbocycles. The lowest BCUT2D eigenvalue weighted by atomic mass is 9.99. The second kappa shape index (κ2) is 6.13. The monoisotopic (exact) mass is 371 g/mol. The number of rotatable bonds is 1. The molecular weight excluding hydrogens is 350 g/mol. The molecular formula is C24H21NO3. The molecule has 0 amide bonds. The molecule has 0 bridgehead atoms. The van der Waals surface area contributed by atoms with Gasteiger partial charge < -0.3 is 14.1 Å². The number of hydrogen-bond donors (Lipinski definition) is 0.